The minimum absolute atomic E-state index is 0.0382. The molecular weight excluding hydrogens is 402 g/mol. The van der Waals surface area contributed by atoms with Crippen LogP contribution in [0.5, 0.6) is 0 Å². The molecule has 0 radical (unpaired) electrons. The molecular formula is C21H12F2O3S2. The Labute approximate surface area is 166 Å². The fourth-order valence-corrected chi connectivity index (χ4v) is 4.90. The Bertz CT molecular complexity index is 1280. The molecule has 0 spiro atoms. The summed E-state index contributed by atoms with van der Waals surface area (Å²) in [7, 11) is 0. The number of carbonyl (C=O) groups is 1. The first-order chi connectivity index (χ1) is 13.4. The summed E-state index contributed by atoms with van der Waals surface area (Å²) < 4.78 is 31.3. The molecule has 0 fully saturated rings. The number of alkyl halides is 2. The average molecular weight is 414 g/mol. The van der Waals surface area contributed by atoms with Gasteiger partial charge in [-0.1, -0.05) is 30.3 Å². The number of fused-ring (bicyclic) bond motifs is 2. The topological polar surface area (TPSA) is 54.4 Å². The molecule has 28 heavy (non-hydrogen) atoms. The van der Waals surface area contributed by atoms with E-state index >= 15 is 0 Å². The molecule has 0 aliphatic rings. The third-order valence-corrected chi connectivity index (χ3v) is 6.49. The van der Waals surface area contributed by atoms with E-state index in [1.54, 1.807) is 12.1 Å². The van der Waals surface area contributed by atoms with Crippen molar-refractivity contribution in [1.82, 2.24) is 0 Å². The van der Waals surface area contributed by atoms with Crippen LogP contribution in [0.2, 0.25) is 0 Å². The zero-order chi connectivity index (χ0) is 19.9. The minimum Gasteiger partial charge on any atom is -0.478 e. The fraction of sp³-hybridized carbons (Fsp3) is 0.0476. The quantitative estimate of drug-likeness (QED) is 0.331. The van der Waals surface area contributed by atoms with Gasteiger partial charge in [-0.25, -0.2) is 4.79 Å². The first-order valence-electron chi connectivity index (χ1n) is 8.22. The molecule has 0 bridgehead atoms. The number of benzene rings is 3. The van der Waals surface area contributed by atoms with Crippen LogP contribution in [-0.4, -0.2) is 11.1 Å². The van der Waals surface area contributed by atoms with E-state index in [2.05, 4.69) is 0 Å². The highest BCUT2D eigenvalue weighted by Crippen LogP contribution is 2.46. The van der Waals surface area contributed by atoms with Crippen molar-refractivity contribution in [2.24, 2.45) is 0 Å². The van der Waals surface area contributed by atoms with Gasteiger partial charge in [-0.3, -0.25) is 4.79 Å². The summed E-state index contributed by atoms with van der Waals surface area (Å²) >= 11 is 1.52. The third-order valence-electron chi connectivity index (χ3n) is 4.27. The predicted molar refractivity (Wildman–Crippen MR) is 109 cm³/mol. The molecule has 1 aromatic heterocycles. The van der Waals surface area contributed by atoms with Gasteiger partial charge in [0.2, 0.25) is 0 Å². The Hall–Kier alpha value is -2.77. The molecule has 0 aliphatic carbocycles. The number of carboxylic acids is 1. The summed E-state index contributed by atoms with van der Waals surface area (Å²) in [5.41, 5.74) is -0.826. The second-order valence-electron chi connectivity index (χ2n) is 6.06. The molecule has 0 saturated carbocycles. The Morgan fingerprint density at radius 1 is 0.929 bits per heavy atom. The van der Waals surface area contributed by atoms with Gasteiger partial charge in [0.25, 0.3) is 0 Å². The number of hydrogen-bond acceptors (Lipinski definition) is 4. The van der Waals surface area contributed by atoms with Crippen LogP contribution >= 0.6 is 23.1 Å². The van der Waals surface area contributed by atoms with Crippen LogP contribution in [0.15, 0.2) is 76.4 Å². The van der Waals surface area contributed by atoms with Crippen molar-refractivity contribution in [2.45, 2.75) is 10.2 Å². The van der Waals surface area contributed by atoms with E-state index in [9.17, 15) is 23.5 Å². The highest BCUT2D eigenvalue weighted by atomic mass is 32.2. The van der Waals surface area contributed by atoms with Crippen molar-refractivity contribution in [2.75, 3.05) is 0 Å². The van der Waals surface area contributed by atoms with Crippen LogP contribution < -0.4 is 5.43 Å². The van der Waals surface area contributed by atoms with Crippen LogP contribution in [0.3, 0.4) is 0 Å². The first-order valence-corrected chi connectivity index (χ1v) is 9.85. The van der Waals surface area contributed by atoms with E-state index < -0.39 is 11.2 Å². The Kier molecular flexibility index (Phi) is 4.64. The Morgan fingerprint density at radius 3 is 2.39 bits per heavy atom. The van der Waals surface area contributed by atoms with Crippen molar-refractivity contribution < 1.29 is 18.7 Å². The van der Waals surface area contributed by atoms with E-state index in [4.69, 9.17) is 0 Å². The summed E-state index contributed by atoms with van der Waals surface area (Å²) in [6.45, 7) is 0. The maximum absolute atomic E-state index is 14.9. The smallest absolute Gasteiger partial charge is 0.336 e. The van der Waals surface area contributed by atoms with Crippen molar-refractivity contribution >= 4 is 49.2 Å². The summed E-state index contributed by atoms with van der Waals surface area (Å²) in [5.74, 6) is -1.27. The number of rotatable bonds is 4. The Balaban J connectivity index is 1.82. The van der Waals surface area contributed by atoms with Gasteiger partial charge < -0.3 is 5.11 Å². The molecule has 4 aromatic rings. The largest absolute Gasteiger partial charge is 0.478 e. The van der Waals surface area contributed by atoms with Gasteiger partial charge in [-0.15, -0.1) is 11.3 Å². The van der Waals surface area contributed by atoms with E-state index in [0.29, 0.717) is 10.1 Å². The summed E-state index contributed by atoms with van der Waals surface area (Å²) in [6.07, 6.45) is 0. The molecule has 3 aromatic carbocycles. The Morgan fingerprint density at radius 2 is 1.61 bits per heavy atom. The highest BCUT2D eigenvalue weighted by Gasteiger charge is 2.35. The molecule has 0 atom stereocenters. The van der Waals surface area contributed by atoms with Crippen LogP contribution in [0.25, 0.3) is 20.2 Å². The lowest BCUT2D eigenvalue weighted by atomic mass is 10.1. The van der Waals surface area contributed by atoms with Crippen LogP contribution in [-0.2, 0) is 5.25 Å². The van der Waals surface area contributed by atoms with Crippen molar-refractivity contribution in [3.63, 3.8) is 0 Å². The molecule has 0 saturated heterocycles. The van der Waals surface area contributed by atoms with Gasteiger partial charge in [-0.2, -0.15) is 8.78 Å². The zero-order valence-electron chi connectivity index (χ0n) is 14.2. The lowest BCUT2D eigenvalue weighted by Crippen LogP contribution is -2.11. The molecule has 0 amide bonds. The van der Waals surface area contributed by atoms with Crippen LogP contribution in [0.1, 0.15) is 15.9 Å². The zero-order valence-corrected chi connectivity index (χ0v) is 15.8. The SMILES string of the molecule is O=C(O)c1ccccc1SC(F)(F)c1ccc2sc3ccccc3c(=O)c2c1. The summed E-state index contributed by atoms with van der Waals surface area (Å²) in [5, 5.41) is 6.53. The lowest BCUT2D eigenvalue weighted by Gasteiger charge is -2.17. The van der Waals surface area contributed by atoms with Gasteiger partial charge in [0.05, 0.1) is 5.56 Å². The molecule has 3 nitrogen and oxygen atoms in total. The fourth-order valence-electron chi connectivity index (χ4n) is 2.91. The number of aromatic carboxylic acids is 1. The molecule has 1 heterocycles. The lowest BCUT2D eigenvalue weighted by molar-refractivity contribution is 0.0693. The maximum atomic E-state index is 14.9. The van der Waals surface area contributed by atoms with Gasteiger partial charge in [0, 0.05) is 30.6 Å². The highest BCUT2D eigenvalue weighted by molar-refractivity contribution is 8.00. The minimum atomic E-state index is -3.40. The molecule has 0 aliphatic heterocycles. The predicted octanol–water partition coefficient (Wildman–Crippen LogP) is 5.95. The van der Waals surface area contributed by atoms with Gasteiger partial charge in [-0.05, 0) is 48.2 Å². The third kappa shape index (κ3) is 3.27. The van der Waals surface area contributed by atoms with Crippen molar-refractivity contribution in [3.8, 4) is 0 Å². The first kappa shape index (κ1) is 18.6. The summed E-state index contributed by atoms with van der Waals surface area (Å²) in [6, 6.07) is 16.7. The average Bonchev–Trinajstić information content (AvgIpc) is 2.68. The molecule has 1 N–H and O–H groups in total. The van der Waals surface area contributed by atoms with E-state index in [1.165, 1.54) is 53.8 Å². The normalized spacial score (nSPS) is 11.8. The molecule has 0 unspecified atom stereocenters. The molecule has 7 heteroatoms. The van der Waals surface area contributed by atoms with Gasteiger partial charge in [0.15, 0.2) is 5.43 Å². The van der Waals surface area contributed by atoms with Crippen LogP contribution in [0, 0.1) is 0 Å². The van der Waals surface area contributed by atoms with E-state index in [1.807, 2.05) is 12.1 Å². The standard InChI is InChI=1S/C21H12F2O3S2/c22-21(23,28-18-8-4-2-6-14(18)20(25)26)12-9-10-17-15(11-12)19(24)13-5-1-3-7-16(13)27-17/h1-11H,(H,25,26). The second kappa shape index (κ2) is 7.00. The number of carboxylic acid groups (broad SMARTS) is 1. The number of halogens is 2. The van der Waals surface area contributed by atoms with E-state index in [-0.39, 0.29) is 38.6 Å². The molecule has 4 rings (SSSR count). The van der Waals surface area contributed by atoms with Gasteiger partial charge in [0.1, 0.15) is 0 Å². The molecule has 140 valence electrons. The van der Waals surface area contributed by atoms with Gasteiger partial charge >= 0.3 is 11.2 Å². The maximum Gasteiger partial charge on any atom is 0.336 e. The number of hydrogen-bond donors (Lipinski definition) is 1. The summed E-state index contributed by atoms with van der Waals surface area (Å²) in [4.78, 5) is 24.0. The van der Waals surface area contributed by atoms with Crippen molar-refractivity contribution in [1.29, 1.82) is 0 Å². The monoisotopic (exact) mass is 414 g/mol. The van der Waals surface area contributed by atoms with E-state index in [0.717, 1.165) is 4.70 Å². The van der Waals surface area contributed by atoms with Crippen LogP contribution in [0.4, 0.5) is 8.78 Å². The van der Waals surface area contributed by atoms with Crippen molar-refractivity contribution in [3.05, 3.63) is 88.1 Å². The second-order valence-corrected chi connectivity index (χ2v) is 8.30. The number of thioether (sulfide) groups is 1.